The predicted octanol–water partition coefficient (Wildman–Crippen LogP) is 3.39. The molecule has 0 bridgehead atoms. The third kappa shape index (κ3) is 3.45. The third-order valence-corrected chi connectivity index (χ3v) is 5.19. The van der Waals surface area contributed by atoms with Crippen LogP contribution in [0.4, 0.5) is 0 Å². The summed E-state index contributed by atoms with van der Waals surface area (Å²) in [6, 6.07) is 10.9. The molecule has 148 valence electrons. The summed E-state index contributed by atoms with van der Waals surface area (Å²) in [6.07, 6.45) is 3.58. The van der Waals surface area contributed by atoms with E-state index in [1.54, 1.807) is 40.5 Å². The molecule has 0 atom stereocenters. The summed E-state index contributed by atoms with van der Waals surface area (Å²) in [6.45, 7) is 2.30. The molecule has 3 heterocycles. The SMILES string of the molecule is Cc1onc(-c2ccccc2Cl)c1C(=O)NCCn1ccc2ccn(C)c2c1=O. The van der Waals surface area contributed by atoms with E-state index in [1.165, 1.54) is 0 Å². The highest BCUT2D eigenvalue weighted by molar-refractivity contribution is 6.33. The lowest BCUT2D eigenvalue weighted by Gasteiger charge is -2.09. The van der Waals surface area contributed by atoms with Gasteiger partial charge in [0.25, 0.3) is 11.5 Å². The van der Waals surface area contributed by atoms with Crippen LogP contribution in [0.15, 0.2) is 58.1 Å². The number of nitrogens with zero attached hydrogens (tertiary/aromatic N) is 3. The van der Waals surface area contributed by atoms with Crippen LogP contribution in [-0.4, -0.2) is 26.7 Å². The Morgan fingerprint density at radius 1 is 1.21 bits per heavy atom. The van der Waals surface area contributed by atoms with E-state index in [4.69, 9.17) is 16.1 Å². The fourth-order valence-corrected chi connectivity index (χ4v) is 3.59. The van der Waals surface area contributed by atoms with Gasteiger partial charge in [-0.05, 0) is 25.1 Å². The smallest absolute Gasteiger partial charge is 0.275 e. The maximum atomic E-state index is 12.8. The van der Waals surface area contributed by atoms with Gasteiger partial charge in [0.1, 0.15) is 22.5 Å². The fourth-order valence-electron chi connectivity index (χ4n) is 3.36. The van der Waals surface area contributed by atoms with Gasteiger partial charge in [-0.1, -0.05) is 35.0 Å². The lowest BCUT2D eigenvalue weighted by Crippen LogP contribution is -2.31. The van der Waals surface area contributed by atoms with Crippen molar-refractivity contribution in [3.05, 3.63) is 75.5 Å². The van der Waals surface area contributed by atoms with Crippen LogP contribution in [0.5, 0.6) is 0 Å². The zero-order valence-electron chi connectivity index (χ0n) is 16.0. The Morgan fingerprint density at radius 2 is 1.97 bits per heavy atom. The van der Waals surface area contributed by atoms with Crippen LogP contribution >= 0.6 is 11.6 Å². The summed E-state index contributed by atoms with van der Waals surface area (Å²) in [5, 5.41) is 8.22. The van der Waals surface area contributed by atoms with Gasteiger partial charge in [0, 0.05) is 43.5 Å². The van der Waals surface area contributed by atoms with Crippen molar-refractivity contribution in [2.24, 2.45) is 7.05 Å². The van der Waals surface area contributed by atoms with E-state index in [9.17, 15) is 9.59 Å². The van der Waals surface area contributed by atoms with E-state index in [0.717, 1.165) is 5.39 Å². The van der Waals surface area contributed by atoms with Crippen LogP contribution in [0.2, 0.25) is 5.02 Å². The van der Waals surface area contributed by atoms with E-state index < -0.39 is 0 Å². The number of amides is 1. The molecule has 29 heavy (non-hydrogen) atoms. The molecule has 1 N–H and O–H groups in total. The molecule has 0 saturated carbocycles. The molecule has 1 amide bonds. The minimum atomic E-state index is -0.327. The minimum Gasteiger partial charge on any atom is -0.360 e. The van der Waals surface area contributed by atoms with Crippen LogP contribution in [0.25, 0.3) is 22.2 Å². The van der Waals surface area contributed by atoms with Gasteiger partial charge in [0.05, 0.1) is 5.02 Å². The molecule has 7 nitrogen and oxygen atoms in total. The molecule has 4 aromatic rings. The van der Waals surface area contributed by atoms with Crippen molar-refractivity contribution < 1.29 is 9.32 Å². The molecule has 0 aliphatic heterocycles. The van der Waals surface area contributed by atoms with E-state index in [-0.39, 0.29) is 18.0 Å². The molecule has 0 saturated heterocycles. The monoisotopic (exact) mass is 410 g/mol. The highest BCUT2D eigenvalue weighted by Gasteiger charge is 2.22. The maximum absolute atomic E-state index is 12.8. The molecule has 0 unspecified atom stereocenters. The second-order valence-corrected chi connectivity index (χ2v) is 7.15. The molecule has 0 aliphatic carbocycles. The number of hydrogen-bond acceptors (Lipinski definition) is 4. The van der Waals surface area contributed by atoms with E-state index in [1.807, 2.05) is 31.4 Å². The first-order chi connectivity index (χ1) is 14.0. The Balaban J connectivity index is 1.52. The number of pyridine rings is 1. The number of aromatic nitrogens is 3. The van der Waals surface area contributed by atoms with Gasteiger partial charge in [-0.15, -0.1) is 0 Å². The van der Waals surface area contributed by atoms with Gasteiger partial charge in [-0.25, -0.2) is 0 Å². The first kappa shape index (κ1) is 19.0. The zero-order chi connectivity index (χ0) is 20.5. The average molecular weight is 411 g/mol. The molecule has 0 spiro atoms. The van der Waals surface area contributed by atoms with Gasteiger partial charge in [0.15, 0.2) is 0 Å². The molecule has 8 heteroatoms. The zero-order valence-corrected chi connectivity index (χ0v) is 16.7. The lowest BCUT2D eigenvalue weighted by molar-refractivity contribution is 0.0951. The summed E-state index contributed by atoms with van der Waals surface area (Å²) in [5.41, 5.74) is 1.90. The second kappa shape index (κ2) is 7.60. The van der Waals surface area contributed by atoms with E-state index >= 15 is 0 Å². The number of hydrogen-bond donors (Lipinski definition) is 1. The molecular formula is C21H19ClN4O3. The summed E-state index contributed by atoms with van der Waals surface area (Å²) < 4.78 is 8.61. The number of carbonyl (C=O) groups is 1. The van der Waals surface area contributed by atoms with Crippen molar-refractivity contribution in [2.45, 2.75) is 13.5 Å². The summed E-state index contributed by atoms with van der Waals surface area (Å²) in [4.78, 5) is 25.4. The molecule has 0 fully saturated rings. The third-order valence-electron chi connectivity index (χ3n) is 4.86. The molecule has 0 aliphatic rings. The first-order valence-corrected chi connectivity index (χ1v) is 9.49. The first-order valence-electron chi connectivity index (χ1n) is 9.11. The molecular weight excluding hydrogens is 392 g/mol. The second-order valence-electron chi connectivity index (χ2n) is 6.74. The predicted molar refractivity (Wildman–Crippen MR) is 111 cm³/mol. The number of nitrogens with one attached hydrogen (secondary N) is 1. The van der Waals surface area contributed by atoms with E-state index in [2.05, 4.69) is 10.5 Å². The Hall–Kier alpha value is -3.32. The normalized spacial score (nSPS) is 11.1. The highest BCUT2D eigenvalue weighted by atomic mass is 35.5. The molecule has 0 radical (unpaired) electrons. The van der Waals surface area contributed by atoms with Gasteiger partial charge in [-0.3, -0.25) is 9.59 Å². The number of fused-ring (bicyclic) bond motifs is 1. The fraction of sp³-hybridized carbons (Fsp3) is 0.190. The van der Waals surface area contributed by atoms with Gasteiger partial charge >= 0.3 is 0 Å². The van der Waals surface area contributed by atoms with Crippen LogP contribution in [0.3, 0.4) is 0 Å². The highest BCUT2D eigenvalue weighted by Crippen LogP contribution is 2.30. The standard InChI is InChI=1S/C21H19ClN4O3/c1-13-17(18(24-29-13)15-5-3-4-6-16(15)22)20(27)23-9-12-26-11-8-14-7-10-25(2)19(14)21(26)28/h3-8,10-11H,9,12H2,1-2H3,(H,23,27). The van der Waals surface area contributed by atoms with Crippen LogP contribution in [-0.2, 0) is 13.6 Å². The van der Waals surface area contributed by atoms with Crippen molar-refractivity contribution in [1.29, 1.82) is 0 Å². The maximum Gasteiger partial charge on any atom is 0.275 e. The van der Waals surface area contributed by atoms with Gasteiger partial charge in [-0.2, -0.15) is 0 Å². The van der Waals surface area contributed by atoms with E-state index in [0.29, 0.717) is 39.7 Å². The number of rotatable bonds is 5. The van der Waals surface area contributed by atoms with Crippen molar-refractivity contribution in [3.63, 3.8) is 0 Å². The van der Waals surface area contributed by atoms with Crippen molar-refractivity contribution in [3.8, 4) is 11.3 Å². The van der Waals surface area contributed by atoms with Crippen LogP contribution in [0, 0.1) is 6.92 Å². The Labute approximate surface area is 171 Å². The number of carbonyl (C=O) groups excluding carboxylic acids is 1. The summed E-state index contributed by atoms with van der Waals surface area (Å²) in [5.74, 6) is 0.0754. The molecule has 4 rings (SSSR count). The summed E-state index contributed by atoms with van der Waals surface area (Å²) >= 11 is 6.24. The average Bonchev–Trinajstić information content (AvgIpc) is 3.27. The number of halogens is 1. The Bertz CT molecular complexity index is 1270. The van der Waals surface area contributed by atoms with Crippen molar-refractivity contribution in [2.75, 3.05) is 6.54 Å². The number of benzene rings is 1. The quantitative estimate of drug-likeness (QED) is 0.546. The Morgan fingerprint density at radius 3 is 2.76 bits per heavy atom. The lowest BCUT2D eigenvalue weighted by atomic mass is 10.1. The number of aryl methyl sites for hydroxylation is 2. The minimum absolute atomic E-state index is 0.0952. The van der Waals surface area contributed by atoms with Crippen LogP contribution < -0.4 is 10.9 Å². The van der Waals surface area contributed by atoms with Crippen molar-refractivity contribution >= 4 is 28.4 Å². The van der Waals surface area contributed by atoms with Crippen LogP contribution in [0.1, 0.15) is 16.1 Å². The Kier molecular flexibility index (Phi) is 4.98. The molecule has 3 aromatic heterocycles. The van der Waals surface area contributed by atoms with Crippen molar-refractivity contribution in [1.82, 2.24) is 19.6 Å². The summed E-state index contributed by atoms with van der Waals surface area (Å²) in [7, 11) is 1.83. The van der Waals surface area contributed by atoms with Gasteiger partial charge < -0.3 is 19.0 Å². The van der Waals surface area contributed by atoms with Gasteiger partial charge in [0.2, 0.25) is 0 Å². The molecule has 1 aromatic carbocycles. The topological polar surface area (TPSA) is 82.1 Å². The largest absolute Gasteiger partial charge is 0.360 e.